The lowest BCUT2D eigenvalue weighted by Crippen LogP contribution is -1.96. The second kappa shape index (κ2) is 9.42. The molecule has 0 rings (SSSR count). The lowest BCUT2D eigenvalue weighted by atomic mass is 10.3. The van der Waals surface area contributed by atoms with Crippen LogP contribution in [0.5, 0.6) is 0 Å². The minimum Gasteiger partial charge on any atom is -0.462 e. The summed E-state index contributed by atoms with van der Waals surface area (Å²) in [5.74, 6) is 10.7. The predicted octanol–water partition coefficient (Wildman–Crippen LogP) is 1.91. The highest BCUT2D eigenvalue weighted by atomic mass is 16.5. The normalized spacial score (nSPS) is 8.43. The van der Waals surface area contributed by atoms with E-state index in [2.05, 4.69) is 35.3 Å². The molecule has 0 aromatic heterocycles. The SMILES string of the molecule is CCCC#CC#C/C=C/COC(C)=O. The quantitative estimate of drug-likeness (QED) is 0.502. The van der Waals surface area contributed by atoms with Crippen LogP contribution in [0.1, 0.15) is 26.7 Å². The zero-order valence-corrected chi connectivity index (χ0v) is 8.59. The van der Waals surface area contributed by atoms with Crippen molar-refractivity contribution in [1.29, 1.82) is 0 Å². The summed E-state index contributed by atoms with van der Waals surface area (Å²) in [7, 11) is 0. The number of carbonyl (C=O) groups is 1. The summed E-state index contributed by atoms with van der Waals surface area (Å²) in [6, 6.07) is 0. The largest absolute Gasteiger partial charge is 0.462 e. The molecular formula is C12H14O2. The maximum absolute atomic E-state index is 10.3. The fraction of sp³-hybridized carbons (Fsp3) is 0.417. The molecule has 0 fully saturated rings. The Morgan fingerprint density at radius 1 is 1.43 bits per heavy atom. The molecule has 0 heterocycles. The van der Waals surface area contributed by atoms with Crippen LogP contribution in [0.4, 0.5) is 0 Å². The highest BCUT2D eigenvalue weighted by molar-refractivity contribution is 5.66. The van der Waals surface area contributed by atoms with Crippen molar-refractivity contribution in [2.45, 2.75) is 26.7 Å². The van der Waals surface area contributed by atoms with Gasteiger partial charge in [-0.05, 0) is 30.4 Å². The second-order valence-electron chi connectivity index (χ2n) is 2.53. The highest BCUT2D eigenvalue weighted by Gasteiger charge is 1.84. The van der Waals surface area contributed by atoms with Crippen LogP contribution in [0.3, 0.4) is 0 Å². The molecule has 14 heavy (non-hydrogen) atoms. The van der Waals surface area contributed by atoms with Crippen molar-refractivity contribution in [2.24, 2.45) is 0 Å². The Balaban J connectivity index is 3.61. The van der Waals surface area contributed by atoms with Gasteiger partial charge in [-0.3, -0.25) is 4.79 Å². The number of esters is 1. The van der Waals surface area contributed by atoms with Gasteiger partial charge >= 0.3 is 5.97 Å². The van der Waals surface area contributed by atoms with Gasteiger partial charge in [0, 0.05) is 13.3 Å². The zero-order chi connectivity index (χ0) is 10.6. The topological polar surface area (TPSA) is 26.3 Å². The van der Waals surface area contributed by atoms with E-state index in [9.17, 15) is 4.79 Å². The molecule has 2 heteroatoms. The lowest BCUT2D eigenvalue weighted by Gasteiger charge is -1.91. The molecule has 2 nitrogen and oxygen atoms in total. The summed E-state index contributed by atoms with van der Waals surface area (Å²) in [4.78, 5) is 10.3. The Labute approximate surface area is 85.3 Å². The van der Waals surface area contributed by atoms with Gasteiger partial charge in [-0.25, -0.2) is 0 Å². The molecule has 0 amide bonds. The van der Waals surface area contributed by atoms with Crippen molar-refractivity contribution in [3.8, 4) is 23.7 Å². The van der Waals surface area contributed by atoms with Crippen molar-refractivity contribution < 1.29 is 9.53 Å². The van der Waals surface area contributed by atoms with Crippen molar-refractivity contribution in [3.63, 3.8) is 0 Å². The molecule has 0 saturated carbocycles. The molecule has 0 aliphatic carbocycles. The van der Waals surface area contributed by atoms with Gasteiger partial charge in [0.25, 0.3) is 0 Å². The molecule has 0 bridgehead atoms. The van der Waals surface area contributed by atoms with Crippen LogP contribution in [0.25, 0.3) is 0 Å². The van der Waals surface area contributed by atoms with Crippen LogP contribution in [-0.2, 0) is 9.53 Å². The molecule has 0 aliphatic rings. The molecular weight excluding hydrogens is 176 g/mol. The Morgan fingerprint density at radius 2 is 2.21 bits per heavy atom. The molecule has 0 unspecified atom stereocenters. The van der Waals surface area contributed by atoms with Crippen molar-refractivity contribution in [3.05, 3.63) is 12.2 Å². The summed E-state index contributed by atoms with van der Waals surface area (Å²) in [6.07, 6.45) is 5.24. The summed E-state index contributed by atoms with van der Waals surface area (Å²) in [6.45, 7) is 3.71. The number of hydrogen-bond donors (Lipinski definition) is 0. The van der Waals surface area contributed by atoms with E-state index in [1.165, 1.54) is 6.92 Å². The first-order chi connectivity index (χ1) is 6.77. The monoisotopic (exact) mass is 190 g/mol. The maximum atomic E-state index is 10.3. The molecule has 0 saturated heterocycles. The van der Waals surface area contributed by atoms with E-state index < -0.39 is 0 Å². The molecule has 0 atom stereocenters. The molecule has 0 spiro atoms. The number of unbranched alkanes of at least 4 members (excludes halogenated alkanes) is 1. The van der Waals surface area contributed by atoms with Crippen LogP contribution in [-0.4, -0.2) is 12.6 Å². The van der Waals surface area contributed by atoms with Gasteiger partial charge in [-0.1, -0.05) is 18.8 Å². The van der Waals surface area contributed by atoms with Crippen molar-refractivity contribution in [1.82, 2.24) is 0 Å². The lowest BCUT2D eigenvalue weighted by molar-refractivity contribution is -0.139. The van der Waals surface area contributed by atoms with Gasteiger partial charge in [0.1, 0.15) is 6.61 Å². The van der Waals surface area contributed by atoms with Crippen LogP contribution in [0.2, 0.25) is 0 Å². The fourth-order valence-corrected chi connectivity index (χ4v) is 0.582. The Morgan fingerprint density at radius 3 is 2.86 bits per heavy atom. The van der Waals surface area contributed by atoms with E-state index in [4.69, 9.17) is 0 Å². The number of rotatable bonds is 3. The van der Waals surface area contributed by atoms with E-state index >= 15 is 0 Å². The predicted molar refractivity (Wildman–Crippen MR) is 56.2 cm³/mol. The van der Waals surface area contributed by atoms with Crippen LogP contribution in [0.15, 0.2) is 12.2 Å². The fourth-order valence-electron chi connectivity index (χ4n) is 0.582. The third-order valence-corrected chi connectivity index (χ3v) is 1.18. The second-order valence-corrected chi connectivity index (χ2v) is 2.53. The molecule has 0 aliphatic heterocycles. The minimum absolute atomic E-state index is 0.270. The first-order valence-electron chi connectivity index (χ1n) is 4.54. The zero-order valence-electron chi connectivity index (χ0n) is 8.59. The number of hydrogen-bond acceptors (Lipinski definition) is 2. The van der Waals surface area contributed by atoms with Gasteiger partial charge in [0.05, 0.1) is 0 Å². The third kappa shape index (κ3) is 10.3. The van der Waals surface area contributed by atoms with E-state index in [1.807, 2.05) is 0 Å². The molecule has 0 aromatic carbocycles. The molecule has 0 aromatic rings. The highest BCUT2D eigenvalue weighted by Crippen LogP contribution is 1.80. The number of carbonyl (C=O) groups excluding carboxylic acids is 1. The first-order valence-corrected chi connectivity index (χ1v) is 4.54. The van der Waals surface area contributed by atoms with Crippen molar-refractivity contribution in [2.75, 3.05) is 6.61 Å². The van der Waals surface area contributed by atoms with Crippen LogP contribution >= 0.6 is 0 Å². The maximum Gasteiger partial charge on any atom is 0.302 e. The van der Waals surface area contributed by atoms with Gasteiger partial charge < -0.3 is 4.74 Å². The van der Waals surface area contributed by atoms with E-state index in [-0.39, 0.29) is 12.6 Å². The van der Waals surface area contributed by atoms with Gasteiger partial charge in [0.15, 0.2) is 0 Å². The van der Waals surface area contributed by atoms with Crippen LogP contribution < -0.4 is 0 Å². The standard InChI is InChI=1S/C12H14O2/c1-3-4-5-6-7-8-9-10-11-14-12(2)13/h9-10H,3-4,11H2,1-2H3/b10-9+. The summed E-state index contributed by atoms with van der Waals surface area (Å²) in [5.41, 5.74) is 0. The van der Waals surface area contributed by atoms with Crippen LogP contribution in [0, 0.1) is 23.7 Å². The van der Waals surface area contributed by atoms with E-state index in [0.29, 0.717) is 0 Å². The summed E-state index contributed by atoms with van der Waals surface area (Å²) in [5, 5.41) is 0. The average Bonchev–Trinajstić information content (AvgIpc) is 2.15. The van der Waals surface area contributed by atoms with Gasteiger partial charge in [0.2, 0.25) is 0 Å². The van der Waals surface area contributed by atoms with Crippen molar-refractivity contribution >= 4 is 5.97 Å². The van der Waals surface area contributed by atoms with E-state index in [1.54, 1.807) is 12.2 Å². The van der Waals surface area contributed by atoms with E-state index in [0.717, 1.165) is 12.8 Å². The molecule has 0 N–H and O–H groups in total. The Bertz CT molecular complexity index is 305. The summed E-state index contributed by atoms with van der Waals surface area (Å²) >= 11 is 0. The van der Waals surface area contributed by atoms with Gasteiger partial charge in [-0.2, -0.15) is 0 Å². The molecule has 74 valence electrons. The minimum atomic E-state index is -0.287. The van der Waals surface area contributed by atoms with Gasteiger partial charge in [-0.15, -0.1) is 0 Å². The first kappa shape index (κ1) is 12.3. The number of allylic oxidation sites excluding steroid dienone is 1. The number of ether oxygens (including phenoxy) is 1. The molecule has 0 radical (unpaired) electrons. The Kier molecular flexibility index (Phi) is 8.29. The Hall–Kier alpha value is -1.67. The third-order valence-electron chi connectivity index (χ3n) is 1.18. The average molecular weight is 190 g/mol. The summed E-state index contributed by atoms with van der Waals surface area (Å²) < 4.78 is 4.66. The smallest absolute Gasteiger partial charge is 0.302 e.